The van der Waals surface area contributed by atoms with Gasteiger partial charge in [0.1, 0.15) is 17.5 Å². The predicted octanol–water partition coefficient (Wildman–Crippen LogP) is 3.91. The Morgan fingerprint density at radius 1 is 1.06 bits per heavy atom. The van der Waals surface area contributed by atoms with E-state index in [4.69, 9.17) is 9.84 Å². The van der Waals surface area contributed by atoms with Crippen LogP contribution in [0.15, 0.2) is 60.8 Å². The van der Waals surface area contributed by atoms with Gasteiger partial charge >= 0.3 is 0 Å². The lowest BCUT2D eigenvalue weighted by Crippen LogP contribution is -2.52. The van der Waals surface area contributed by atoms with E-state index in [1.807, 2.05) is 58.2 Å². The third-order valence-corrected chi connectivity index (χ3v) is 6.30. The number of amides is 1. The van der Waals surface area contributed by atoms with Crippen LogP contribution in [-0.4, -0.2) is 64.8 Å². The molecule has 1 atom stereocenters. The molecular weight excluding hydrogens is 426 g/mol. The number of methoxy groups -OCH3 is 1. The molecule has 1 aliphatic rings. The second-order valence-electron chi connectivity index (χ2n) is 8.95. The van der Waals surface area contributed by atoms with Crippen LogP contribution in [0.2, 0.25) is 0 Å². The molecule has 0 aliphatic carbocycles. The van der Waals surface area contributed by atoms with Crippen LogP contribution in [0.25, 0.3) is 11.3 Å². The fourth-order valence-electron chi connectivity index (χ4n) is 4.42. The first-order valence-electron chi connectivity index (χ1n) is 11.7. The van der Waals surface area contributed by atoms with Gasteiger partial charge in [-0.1, -0.05) is 44.2 Å². The van der Waals surface area contributed by atoms with Crippen molar-refractivity contribution in [3.63, 3.8) is 0 Å². The minimum absolute atomic E-state index is 0.0252. The Hall–Kier alpha value is -3.63. The molecule has 3 aromatic rings. The van der Waals surface area contributed by atoms with Gasteiger partial charge in [0.05, 0.1) is 25.3 Å². The van der Waals surface area contributed by atoms with Crippen LogP contribution in [-0.2, 0) is 6.54 Å². The fourth-order valence-corrected chi connectivity index (χ4v) is 4.42. The van der Waals surface area contributed by atoms with Crippen LogP contribution >= 0.6 is 0 Å². The van der Waals surface area contributed by atoms with E-state index in [0.29, 0.717) is 44.0 Å². The van der Waals surface area contributed by atoms with Gasteiger partial charge in [0.2, 0.25) is 0 Å². The van der Waals surface area contributed by atoms with Crippen LogP contribution in [0.4, 0.5) is 0 Å². The molecule has 4 rings (SSSR count). The largest absolute Gasteiger partial charge is 0.497 e. The summed E-state index contributed by atoms with van der Waals surface area (Å²) in [5, 5.41) is 14.3. The molecule has 34 heavy (non-hydrogen) atoms. The summed E-state index contributed by atoms with van der Waals surface area (Å²) in [4.78, 5) is 17.7. The van der Waals surface area contributed by atoms with Crippen LogP contribution in [0.3, 0.4) is 0 Å². The highest BCUT2D eigenvalue weighted by atomic mass is 16.5. The maximum atomic E-state index is 13.6. The predicted molar refractivity (Wildman–Crippen MR) is 131 cm³/mol. The lowest BCUT2D eigenvalue weighted by molar-refractivity contribution is 0.0577. The fraction of sp³-hybridized carbons (Fsp3) is 0.370. The molecule has 1 aromatic heterocycles. The maximum Gasteiger partial charge on any atom is 0.257 e. The number of nitriles is 1. The minimum atomic E-state index is -0.124. The summed E-state index contributed by atoms with van der Waals surface area (Å²) in [6, 6.07) is 20.0. The van der Waals surface area contributed by atoms with Crippen molar-refractivity contribution < 1.29 is 9.53 Å². The van der Waals surface area contributed by atoms with E-state index >= 15 is 0 Å². The van der Waals surface area contributed by atoms with Gasteiger partial charge in [-0.2, -0.15) is 10.4 Å². The molecule has 1 unspecified atom stereocenters. The Kier molecular flexibility index (Phi) is 7.29. The van der Waals surface area contributed by atoms with Crippen molar-refractivity contribution in [1.29, 1.82) is 5.26 Å². The molecular formula is C27H31N5O2. The second-order valence-corrected chi connectivity index (χ2v) is 8.95. The summed E-state index contributed by atoms with van der Waals surface area (Å²) in [6.45, 7) is 7.28. The first kappa shape index (κ1) is 23.5. The maximum absolute atomic E-state index is 13.6. The molecule has 1 aliphatic heterocycles. The van der Waals surface area contributed by atoms with Gasteiger partial charge in [0, 0.05) is 37.9 Å². The van der Waals surface area contributed by atoms with Gasteiger partial charge in [-0.3, -0.25) is 14.4 Å². The number of rotatable bonds is 7. The highest BCUT2D eigenvalue weighted by molar-refractivity contribution is 6.00. The first-order chi connectivity index (χ1) is 16.5. The number of hydrogen-bond donors (Lipinski definition) is 0. The van der Waals surface area contributed by atoms with Crippen LogP contribution < -0.4 is 4.74 Å². The van der Waals surface area contributed by atoms with Crippen molar-refractivity contribution in [3.8, 4) is 23.1 Å². The Bertz CT molecular complexity index is 1140. The van der Waals surface area contributed by atoms with E-state index < -0.39 is 0 Å². The SMILES string of the molecule is COc1ccc(-c2nn(Cc3ccccc3)cc2C(=O)N2CCN(C(C#N)C(C)C)CC2)cc1. The summed E-state index contributed by atoms with van der Waals surface area (Å²) in [7, 11) is 1.63. The molecule has 7 nitrogen and oxygen atoms in total. The molecule has 2 aromatic carbocycles. The number of hydrogen-bond acceptors (Lipinski definition) is 5. The van der Waals surface area contributed by atoms with Gasteiger partial charge in [0.25, 0.3) is 5.91 Å². The van der Waals surface area contributed by atoms with Crippen LogP contribution in [0, 0.1) is 17.2 Å². The molecule has 1 fully saturated rings. The minimum Gasteiger partial charge on any atom is -0.497 e. The Morgan fingerprint density at radius 3 is 2.32 bits per heavy atom. The van der Waals surface area contributed by atoms with Gasteiger partial charge in [-0.15, -0.1) is 0 Å². The number of aromatic nitrogens is 2. The molecule has 2 heterocycles. The molecule has 176 valence electrons. The molecule has 0 radical (unpaired) electrons. The number of carbonyl (C=O) groups excluding carboxylic acids is 1. The van der Waals surface area contributed by atoms with Crippen molar-refractivity contribution in [2.75, 3.05) is 33.3 Å². The van der Waals surface area contributed by atoms with Crippen molar-refractivity contribution >= 4 is 5.91 Å². The summed E-state index contributed by atoms with van der Waals surface area (Å²) in [6.07, 6.45) is 1.85. The quantitative estimate of drug-likeness (QED) is 0.538. The van der Waals surface area contributed by atoms with Gasteiger partial charge in [-0.05, 0) is 35.7 Å². The molecule has 0 spiro atoms. The summed E-state index contributed by atoms with van der Waals surface area (Å²) in [5.74, 6) is 0.988. The monoisotopic (exact) mass is 457 g/mol. The normalized spacial score (nSPS) is 15.2. The van der Waals surface area contributed by atoms with Gasteiger partial charge in [0.15, 0.2) is 0 Å². The van der Waals surface area contributed by atoms with E-state index in [-0.39, 0.29) is 17.9 Å². The molecule has 0 N–H and O–H groups in total. The average molecular weight is 458 g/mol. The highest BCUT2D eigenvalue weighted by Gasteiger charge is 2.30. The van der Waals surface area contributed by atoms with Crippen LogP contribution in [0.1, 0.15) is 29.8 Å². The lowest BCUT2D eigenvalue weighted by atomic mass is 10.0. The Labute approximate surface area is 201 Å². The average Bonchev–Trinajstić information content (AvgIpc) is 3.28. The summed E-state index contributed by atoms with van der Waals surface area (Å²) >= 11 is 0. The number of benzene rings is 2. The topological polar surface area (TPSA) is 74.4 Å². The summed E-state index contributed by atoms with van der Waals surface area (Å²) < 4.78 is 7.13. The third-order valence-electron chi connectivity index (χ3n) is 6.30. The van der Waals surface area contributed by atoms with Crippen LogP contribution in [0.5, 0.6) is 5.75 Å². The van der Waals surface area contributed by atoms with E-state index in [9.17, 15) is 10.1 Å². The van der Waals surface area contributed by atoms with Crippen molar-refractivity contribution in [3.05, 3.63) is 71.9 Å². The Morgan fingerprint density at radius 2 is 1.74 bits per heavy atom. The van der Waals surface area contributed by atoms with E-state index in [1.165, 1.54) is 0 Å². The molecule has 1 saturated heterocycles. The van der Waals surface area contributed by atoms with E-state index in [2.05, 4.69) is 36.9 Å². The molecule has 1 amide bonds. The Balaban J connectivity index is 1.59. The number of carbonyl (C=O) groups is 1. The first-order valence-corrected chi connectivity index (χ1v) is 11.7. The lowest BCUT2D eigenvalue weighted by Gasteiger charge is -2.38. The zero-order chi connectivity index (χ0) is 24.1. The zero-order valence-corrected chi connectivity index (χ0v) is 20.0. The summed E-state index contributed by atoms with van der Waals surface area (Å²) in [5.41, 5.74) is 3.26. The van der Waals surface area contributed by atoms with Gasteiger partial charge in [-0.25, -0.2) is 0 Å². The molecule has 0 bridgehead atoms. The molecule has 0 saturated carbocycles. The van der Waals surface area contributed by atoms with E-state index in [0.717, 1.165) is 16.9 Å². The highest BCUT2D eigenvalue weighted by Crippen LogP contribution is 2.26. The third kappa shape index (κ3) is 5.13. The number of ether oxygens (including phenoxy) is 1. The number of nitrogens with zero attached hydrogens (tertiary/aromatic N) is 5. The standard InChI is InChI=1S/C27H31N5O2/c1-20(2)25(17-28)30-13-15-31(16-14-30)27(33)24-19-32(18-21-7-5-4-6-8-21)29-26(24)22-9-11-23(34-3)12-10-22/h4-12,19-20,25H,13-16,18H2,1-3H3. The van der Waals surface area contributed by atoms with Crippen molar-refractivity contribution in [2.24, 2.45) is 5.92 Å². The zero-order valence-electron chi connectivity index (χ0n) is 20.0. The smallest absolute Gasteiger partial charge is 0.257 e. The van der Waals surface area contributed by atoms with E-state index in [1.54, 1.807) is 7.11 Å². The van der Waals surface area contributed by atoms with Gasteiger partial charge < -0.3 is 9.64 Å². The van der Waals surface area contributed by atoms with Crippen molar-refractivity contribution in [2.45, 2.75) is 26.4 Å². The van der Waals surface area contributed by atoms with Crippen molar-refractivity contribution in [1.82, 2.24) is 19.6 Å². The number of piperazine rings is 1. The molecule has 7 heteroatoms. The second kappa shape index (κ2) is 10.5.